The molecule has 6 heteroatoms. The number of H-pyrrole nitrogens is 1. The van der Waals surface area contributed by atoms with Gasteiger partial charge in [0.2, 0.25) is 0 Å². The van der Waals surface area contributed by atoms with Crippen LogP contribution in [0.25, 0.3) is 0 Å². The third-order valence-electron chi connectivity index (χ3n) is 1.89. The highest BCUT2D eigenvalue weighted by atomic mass is 19.3. The number of aromatic nitrogens is 1. The molecule has 0 saturated heterocycles. The first-order chi connectivity index (χ1) is 6.97. The fraction of sp³-hybridized carbons (Fsp3) is 0.333. The van der Waals surface area contributed by atoms with Gasteiger partial charge in [0.05, 0.1) is 12.7 Å². The number of halogens is 2. The van der Waals surface area contributed by atoms with E-state index < -0.39 is 23.5 Å². The standard InChI is InChI=1S/C9H9F2NO3/c1-4-3-5(7(10)11)8(13)12-6(4)9(14)15-2/h3,7H,1-2H3,(H,12,13). The number of nitrogens with one attached hydrogen (secondary N) is 1. The van der Waals surface area contributed by atoms with Crippen LogP contribution in [0.5, 0.6) is 0 Å². The summed E-state index contributed by atoms with van der Waals surface area (Å²) in [6.45, 7) is 1.44. The molecular weight excluding hydrogens is 208 g/mol. The second-order valence-electron chi connectivity index (χ2n) is 2.90. The summed E-state index contributed by atoms with van der Waals surface area (Å²) in [6.07, 6.45) is -2.86. The van der Waals surface area contributed by atoms with Crippen LogP contribution < -0.4 is 5.56 Å². The Kier molecular flexibility index (Phi) is 3.18. The Hall–Kier alpha value is -1.72. The Morgan fingerprint density at radius 3 is 2.60 bits per heavy atom. The summed E-state index contributed by atoms with van der Waals surface area (Å²) in [4.78, 5) is 24.3. The molecule has 0 aromatic carbocycles. The topological polar surface area (TPSA) is 59.2 Å². The summed E-state index contributed by atoms with van der Waals surface area (Å²) >= 11 is 0. The summed E-state index contributed by atoms with van der Waals surface area (Å²) in [7, 11) is 1.14. The van der Waals surface area contributed by atoms with Crippen LogP contribution in [0.3, 0.4) is 0 Å². The van der Waals surface area contributed by atoms with Crippen LogP contribution >= 0.6 is 0 Å². The number of methoxy groups -OCH3 is 1. The van der Waals surface area contributed by atoms with Crippen molar-refractivity contribution in [3.05, 3.63) is 33.2 Å². The monoisotopic (exact) mass is 217 g/mol. The number of rotatable bonds is 2. The summed E-state index contributed by atoms with van der Waals surface area (Å²) in [5.74, 6) is -0.759. The highest BCUT2D eigenvalue weighted by Crippen LogP contribution is 2.16. The van der Waals surface area contributed by atoms with Gasteiger partial charge in [0, 0.05) is 0 Å². The summed E-state index contributed by atoms with van der Waals surface area (Å²) in [5.41, 5.74) is -1.49. The van der Waals surface area contributed by atoms with Crippen molar-refractivity contribution in [3.63, 3.8) is 0 Å². The molecule has 1 aromatic rings. The lowest BCUT2D eigenvalue weighted by molar-refractivity contribution is 0.0592. The Bertz CT molecular complexity index is 439. The van der Waals surface area contributed by atoms with Crippen LogP contribution in [0, 0.1) is 6.92 Å². The first-order valence-electron chi connectivity index (χ1n) is 4.07. The predicted molar refractivity (Wildman–Crippen MR) is 48.1 cm³/mol. The molecule has 82 valence electrons. The zero-order valence-electron chi connectivity index (χ0n) is 8.14. The van der Waals surface area contributed by atoms with Crippen molar-refractivity contribution in [1.82, 2.24) is 4.98 Å². The highest BCUT2D eigenvalue weighted by Gasteiger charge is 2.17. The van der Waals surface area contributed by atoms with Gasteiger partial charge in [-0.2, -0.15) is 0 Å². The van der Waals surface area contributed by atoms with E-state index in [4.69, 9.17) is 0 Å². The normalized spacial score (nSPS) is 10.5. The molecule has 0 atom stereocenters. The lowest BCUT2D eigenvalue weighted by Crippen LogP contribution is -2.19. The number of hydrogen-bond donors (Lipinski definition) is 1. The summed E-state index contributed by atoms with van der Waals surface area (Å²) < 4.78 is 28.9. The van der Waals surface area contributed by atoms with Gasteiger partial charge in [-0.1, -0.05) is 0 Å². The van der Waals surface area contributed by atoms with Gasteiger partial charge in [-0.3, -0.25) is 4.79 Å². The highest BCUT2D eigenvalue weighted by molar-refractivity contribution is 5.88. The second-order valence-corrected chi connectivity index (χ2v) is 2.90. The lowest BCUT2D eigenvalue weighted by atomic mass is 10.1. The third kappa shape index (κ3) is 2.20. The number of aromatic amines is 1. The van der Waals surface area contributed by atoms with E-state index in [1.165, 1.54) is 6.92 Å². The molecule has 0 aliphatic carbocycles. The van der Waals surface area contributed by atoms with Crippen molar-refractivity contribution in [2.75, 3.05) is 7.11 Å². The van der Waals surface area contributed by atoms with Crippen molar-refractivity contribution in [3.8, 4) is 0 Å². The number of alkyl halides is 2. The molecule has 0 spiro atoms. The SMILES string of the molecule is COC(=O)c1[nH]c(=O)c(C(F)F)cc1C. The summed E-state index contributed by atoms with van der Waals surface area (Å²) in [6, 6.07) is 0.982. The number of ether oxygens (including phenoxy) is 1. The molecule has 4 nitrogen and oxygen atoms in total. The minimum Gasteiger partial charge on any atom is -0.464 e. The second kappa shape index (κ2) is 4.20. The van der Waals surface area contributed by atoms with Gasteiger partial charge in [-0.25, -0.2) is 13.6 Å². The number of aryl methyl sites for hydroxylation is 1. The molecule has 0 bridgehead atoms. The van der Waals surface area contributed by atoms with Gasteiger partial charge < -0.3 is 9.72 Å². The first kappa shape index (κ1) is 11.4. The molecule has 0 aliphatic rings. The van der Waals surface area contributed by atoms with Crippen molar-refractivity contribution < 1.29 is 18.3 Å². The lowest BCUT2D eigenvalue weighted by Gasteiger charge is -2.05. The molecule has 0 amide bonds. The Morgan fingerprint density at radius 1 is 1.53 bits per heavy atom. The van der Waals surface area contributed by atoms with Gasteiger partial charge in [0.15, 0.2) is 0 Å². The summed E-state index contributed by atoms with van der Waals surface area (Å²) in [5, 5.41) is 0. The maximum Gasteiger partial charge on any atom is 0.354 e. The minimum absolute atomic E-state index is 0.105. The van der Waals surface area contributed by atoms with Crippen LogP contribution in [-0.2, 0) is 4.74 Å². The van der Waals surface area contributed by atoms with Crippen molar-refractivity contribution >= 4 is 5.97 Å². The van der Waals surface area contributed by atoms with Gasteiger partial charge in [-0.15, -0.1) is 0 Å². The largest absolute Gasteiger partial charge is 0.464 e. The molecule has 1 rings (SSSR count). The average Bonchev–Trinajstić information content (AvgIpc) is 2.19. The average molecular weight is 217 g/mol. The fourth-order valence-electron chi connectivity index (χ4n) is 1.13. The van der Waals surface area contributed by atoms with Gasteiger partial charge in [-0.05, 0) is 18.6 Å². The molecule has 0 radical (unpaired) electrons. The molecule has 0 unspecified atom stereocenters. The van der Waals surface area contributed by atoms with E-state index in [1.807, 2.05) is 0 Å². The van der Waals surface area contributed by atoms with Gasteiger partial charge >= 0.3 is 5.97 Å². The molecule has 0 saturated carbocycles. The first-order valence-corrected chi connectivity index (χ1v) is 4.07. The number of carbonyl (C=O) groups is 1. The third-order valence-corrected chi connectivity index (χ3v) is 1.89. The van der Waals surface area contributed by atoms with Crippen LogP contribution in [-0.4, -0.2) is 18.1 Å². The molecule has 15 heavy (non-hydrogen) atoms. The number of hydrogen-bond acceptors (Lipinski definition) is 3. The predicted octanol–water partition coefficient (Wildman–Crippen LogP) is 1.41. The Balaban J connectivity index is 3.32. The van der Waals surface area contributed by atoms with E-state index in [9.17, 15) is 18.4 Å². The zero-order chi connectivity index (χ0) is 11.6. The quantitative estimate of drug-likeness (QED) is 0.762. The molecule has 1 aromatic heterocycles. The van der Waals surface area contributed by atoms with Crippen molar-refractivity contribution in [2.45, 2.75) is 13.3 Å². The van der Waals surface area contributed by atoms with Crippen LogP contribution in [0.1, 0.15) is 28.0 Å². The maximum absolute atomic E-state index is 12.3. The minimum atomic E-state index is -2.86. The van der Waals surface area contributed by atoms with Gasteiger partial charge in [0.25, 0.3) is 12.0 Å². The van der Waals surface area contributed by atoms with Gasteiger partial charge in [0.1, 0.15) is 5.69 Å². The van der Waals surface area contributed by atoms with Crippen molar-refractivity contribution in [2.24, 2.45) is 0 Å². The van der Waals surface area contributed by atoms with Crippen LogP contribution in [0.15, 0.2) is 10.9 Å². The van der Waals surface area contributed by atoms with E-state index in [2.05, 4.69) is 9.72 Å². The molecular formula is C9H9F2NO3. The van der Waals surface area contributed by atoms with Crippen LogP contribution in [0.2, 0.25) is 0 Å². The van der Waals surface area contributed by atoms with E-state index in [1.54, 1.807) is 0 Å². The zero-order valence-corrected chi connectivity index (χ0v) is 8.14. The van der Waals surface area contributed by atoms with E-state index in [0.29, 0.717) is 0 Å². The van der Waals surface area contributed by atoms with E-state index in [0.717, 1.165) is 13.2 Å². The number of esters is 1. The Labute approximate surface area is 83.9 Å². The molecule has 0 fully saturated rings. The maximum atomic E-state index is 12.3. The van der Waals surface area contributed by atoms with Crippen LogP contribution in [0.4, 0.5) is 8.78 Å². The fourth-order valence-corrected chi connectivity index (χ4v) is 1.13. The number of carbonyl (C=O) groups excluding carboxylic acids is 1. The van der Waals surface area contributed by atoms with E-state index in [-0.39, 0.29) is 11.3 Å². The number of pyridine rings is 1. The van der Waals surface area contributed by atoms with E-state index >= 15 is 0 Å². The smallest absolute Gasteiger partial charge is 0.354 e. The molecule has 1 heterocycles. The Morgan fingerprint density at radius 2 is 2.13 bits per heavy atom. The van der Waals surface area contributed by atoms with Crippen molar-refractivity contribution in [1.29, 1.82) is 0 Å². The molecule has 0 aliphatic heterocycles. The molecule has 1 N–H and O–H groups in total.